The van der Waals surface area contributed by atoms with Crippen molar-refractivity contribution in [2.45, 2.75) is 26.3 Å². The Balaban J connectivity index is 1.37. The molecule has 1 N–H and O–H groups in total. The van der Waals surface area contributed by atoms with Crippen LogP contribution in [0.2, 0.25) is 0 Å². The highest BCUT2D eigenvalue weighted by Gasteiger charge is 2.12. The van der Waals surface area contributed by atoms with Crippen molar-refractivity contribution in [2.24, 2.45) is 0 Å². The molecule has 4 aromatic rings. The summed E-state index contributed by atoms with van der Waals surface area (Å²) < 4.78 is 18.8. The molecule has 1 heterocycles. The van der Waals surface area contributed by atoms with Crippen molar-refractivity contribution in [3.8, 4) is 17.2 Å². The predicted octanol–water partition coefficient (Wildman–Crippen LogP) is 4.34. The van der Waals surface area contributed by atoms with Crippen LogP contribution >= 0.6 is 0 Å². The third kappa shape index (κ3) is 5.93. The van der Waals surface area contributed by atoms with Gasteiger partial charge >= 0.3 is 0 Å². The maximum atomic E-state index is 12.5. The molecule has 182 valence electrons. The van der Waals surface area contributed by atoms with Crippen molar-refractivity contribution in [1.82, 2.24) is 14.9 Å². The van der Waals surface area contributed by atoms with Crippen LogP contribution in [0.1, 0.15) is 17.0 Å². The van der Waals surface area contributed by atoms with Gasteiger partial charge in [-0.25, -0.2) is 4.98 Å². The normalized spacial score (nSPS) is 10.8. The summed E-state index contributed by atoms with van der Waals surface area (Å²) in [4.78, 5) is 17.3. The van der Waals surface area contributed by atoms with Gasteiger partial charge in [-0.3, -0.25) is 4.79 Å². The van der Waals surface area contributed by atoms with Gasteiger partial charge in [-0.2, -0.15) is 0 Å². The molecule has 0 aliphatic carbocycles. The summed E-state index contributed by atoms with van der Waals surface area (Å²) in [5.74, 6) is 3.01. The third-order valence-electron chi connectivity index (χ3n) is 5.88. The standard InChI is InChI=1S/C28H31N3O4/c1-20-8-4-7-11-24(20)35-17-16-31-23-10-6-5-9-22(23)30-27(31)14-15-29-28(32)19-21-12-13-25(33-2)26(18-21)34-3/h4-13,18H,14-17,19H2,1-3H3,(H,29,32). The quantitative estimate of drug-likeness (QED) is 0.351. The number of ether oxygens (including phenoxy) is 3. The maximum Gasteiger partial charge on any atom is 0.224 e. The summed E-state index contributed by atoms with van der Waals surface area (Å²) in [5, 5.41) is 3.01. The van der Waals surface area contributed by atoms with Crippen LogP contribution in [-0.2, 0) is 24.2 Å². The number of nitrogens with one attached hydrogen (secondary N) is 1. The third-order valence-corrected chi connectivity index (χ3v) is 5.88. The Hall–Kier alpha value is -4.00. The Bertz CT molecular complexity index is 1300. The van der Waals surface area contributed by atoms with Crippen LogP contribution in [0.3, 0.4) is 0 Å². The molecule has 0 saturated carbocycles. The van der Waals surface area contributed by atoms with Crippen molar-refractivity contribution in [1.29, 1.82) is 0 Å². The van der Waals surface area contributed by atoms with Crippen molar-refractivity contribution < 1.29 is 19.0 Å². The van der Waals surface area contributed by atoms with Gasteiger partial charge in [-0.05, 0) is 48.4 Å². The fraction of sp³-hybridized carbons (Fsp3) is 0.286. The molecule has 0 aliphatic heterocycles. The minimum absolute atomic E-state index is 0.0530. The number of nitrogens with zero attached hydrogens (tertiary/aromatic N) is 2. The SMILES string of the molecule is COc1ccc(CC(=O)NCCc2nc3ccccc3n2CCOc2ccccc2C)cc1OC. The Labute approximate surface area is 205 Å². The molecular formula is C28H31N3O4. The van der Waals surface area contributed by atoms with Crippen molar-refractivity contribution in [3.63, 3.8) is 0 Å². The first kappa shape index (κ1) is 24.1. The molecule has 0 aliphatic rings. The number of fused-ring (bicyclic) bond motifs is 1. The molecule has 3 aromatic carbocycles. The van der Waals surface area contributed by atoms with Gasteiger partial charge in [0.25, 0.3) is 0 Å². The van der Waals surface area contributed by atoms with Gasteiger partial charge in [-0.15, -0.1) is 0 Å². The van der Waals surface area contributed by atoms with Gasteiger partial charge in [0, 0.05) is 13.0 Å². The Morgan fingerprint density at radius 2 is 1.71 bits per heavy atom. The van der Waals surface area contributed by atoms with E-state index in [1.54, 1.807) is 14.2 Å². The second kappa shape index (κ2) is 11.4. The number of carbonyl (C=O) groups is 1. The van der Waals surface area contributed by atoms with Crippen LogP contribution in [0.25, 0.3) is 11.0 Å². The minimum Gasteiger partial charge on any atom is -0.493 e. The zero-order chi connectivity index (χ0) is 24.6. The molecule has 1 aromatic heterocycles. The van der Waals surface area contributed by atoms with Crippen LogP contribution in [0, 0.1) is 6.92 Å². The topological polar surface area (TPSA) is 74.6 Å². The van der Waals surface area contributed by atoms with E-state index in [-0.39, 0.29) is 12.3 Å². The number of rotatable bonds is 11. The summed E-state index contributed by atoms with van der Waals surface area (Å²) in [6.45, 7) is 3.74. The van der Waals surface area contributed by atoms with Crippen LogP contribution in [0.4, 0.5) is 0 Å². The molecule has 0 unspecified atom stereocenters. The molecule has 7 heteroatoms. The van der Waals surface area contributed by atoms with Gasteiger partial charge < -0.3 is 24.1 Å². The van der Waals surface area contributed by atoms with E-state index >= 15 is 0 Å². The summed E-state index contributed by atoms with van der Waals surface area (Å²) in [5.41, 5.74) is 3.98. The maximum absolute atomic E-state index is 12.5. The number of imidazole rings is 1. The molecule has 0 atom stereocenters. The lowest BCUT2D eigenvalue weighted by molar-refractivity contribution is -0.120. The number of amides is 1. The van der Waals surface area contributed by atoms with Gasteiger partial charge in [0.15, 0.2) is 11.5 Å². The van der Waals surface area contributed by atoms with E-state index in [2.05, 4.69) is 16.0 Å². The van der Waals surface area contributed by atoms with Crippen LogP contribution in [0.15, 0.2) is 66.7 Å². The van der Waals surface area contributed by atoms with E-state index in [0.29, 0.717) is 37.6 Å². The molecule has 0 saturated heterocycles. The molecule has 4 rings (SSSR count). The Morgan fingerprint density at radius 1 is 0.943 bits per heavy atom. The second-order valence-electron chi connectivity index (χ2n) is 8.25. The Morgan fingerprint density at radius 3 is 2.51 bits per heavy atom. The molecule has 0 bridgehead atoms. The fourth-order valence-electron chi connectivity index (χ4n) is 4.08. The molecule has 0 fully saturated rings. The van der Waals surface area contributed by atoms with Crippen molar-refractivity contribution in [3.05, 3.63) is 83.7 Å². The van der Waals surface area contributed by atoms with E-state index in [0.717, 1.165) is 33.7 Å². The highest BCUT2D eigenvalue weighted by molar-refractivity contribution is 5.79. The van der Waals surface area contributed by atoms with Gasteiger partial charge in [0.1, 0.15) is 18.2 Å². The van der Waals surface area contributed by atoms with Crippen LogP contribution in [0.5, 0.6) is 17.2 Å². The van der Waals surface area contributed by atoms with E-state index in [9.17, 15) is 4.79 Å². The number of hydrogen-bond donors (Lipinski definition) is 1. The molecule has 35 heavy (non-hydrogen) atoms. The van der Waals surface area contributed by atoms with Crippen molar-refractivity contribution >= 4 is 16.9 Å². The minimum atomic E-state index is -0.0530. The smallest absolute Gasteiger partial charge is 0.224 e. The molecular weight excluding hydrogens is 442 g/mol. The van der Waals surface area contributed by atoms with E-state index in [4.69, 9.17) is 19.2 Å². The highest BCUT2D eigenvalue weighted by atomic mass is 16.5. The number of methoxy groups -OCH3 is 2. The van der Waals surface area contributed by atoms with E-state index < -0.39 is 0 Å². The zero-order valence-corrected chi connectivity index (χ0v) is 20.4. The highest BCUT2D eigenvalue weighted by Crippen LogP contribution is 2.27. The number of benzene rings is 3. The first-order valence-electron chi connectivity index (χ1n) is 11.7. The summed E-state index contributed by atoms with van der Waals surface area (Å²) >= 11 is 0. The number of hydrogen-bond acceptors (Lipinski definition) is 5. The molecule has 0 radical (unpaired) electrons. The lowest BCUT2D eigenvalue weighted by atomic mass is 10.1. The summed E-state index contributed by atoms with van der Waals surface area (Å²) in [6.07, 6.45) is 0.887. The summed E-state index contributed by atoms with van der Waals surface area (Å²) in [7, 11) is 3.17. The van der Waals surface area contributed by atoms with Gasteiger partial charge in [-0.1, -0.05) is 36.4 Å². The van der Waals surface area contributed by atoms with Crippen LogP contribution < -0.4 is 19.5 Å². The average Bonchev–Trinajstić information content (AvgIpc) is 3.22. The predicted molar refractivity (Wildman–Crippen MR) is 136 cm³/mol. The van der Waals surface area contributed by atoms with Gasteiger partial charge in [0.2, 0.25) is 5.91 Å². The molecule has 1 amide bonds. The second-order valence-corrected chi connectivity index (χ2v) is 8.25. The first-order chi connectivity index (χ1) is 17.1. The lowest BCUT2D eigenvalue weighted by Gasteiger charge is -2.13. The first-order valence-corrected chi connectivity index (χ1v) is 11.7. The van der Waals surface area contributed by atoms with Crippen LogP contribution in [-0.4, -0.2) is 42.8 Å². The number of carbonyl (C=O) groups excluding carboxylic acids is 1. The van der Waals surface area contributed by atoms with E-state index in [1.807, 2.05) is 67.6 Å². The number of para-hydroxylation sites is 3. The fourth-order valence-corrected chi connectivity index (χ4v) is 4.08. The monoisotopic (exact) mass is 473 g/mol. The lowest BCUT2D eigenvalue weighted by Crippen LogP contribution is -2.28. The largest absolute Gasteiger partial charge is 0.493 e. The molecule has 7 nitrogen and oxygen atoms in total. The summed E-state index contributed by atoms with van der Waals surface area (Å²) in [6, 6.07) is 21.6. The Kier molecular flexibility index (Phi) is 7.88. The number of aryl methyl sites for hydroxylation is 1. The van der Waals surface area contributed by atoms with E-state index in [1.165, 1.54) is 0 Å². The van der Waals surface area contributed by atoms with Gasteiger partial charge in [0.05, 0.1) is 38.2 Å². The average molecular weight is 474 g/mol. The van der Waals surface area contributed by atoms with Crippen molar-refractivity contribution in [2.75, 3.05) is 27.4 Å². The number of aromatic nitrogens is 2. The zero-order valence-electron chi connectivity index (χ0n) is 20.4. The molecule has 0 spiro atoms.